The number of hydrogen-bond acceptors (Lipinski definition) is 3. The monoisotopic (exact) mass is 458 g/mol. The van der Waals surface area contributed by atoms with Crippen LogP contribution >= 0.6 is 0 Å². The Morgan fingerprint density at radius 2 is 1.48 bits per heavy atom. The first kappa shape index (κ1) is 22.6. The van der Waals surface area contributed by atoms with E-state index in [0.29, 0.717) is 5.69 Å². The molecule has 0 fully saturated rings. The first-order valence-corrected chi connectivity index (χ1v) is 12.5. The van der Waals surface area contributed by atoms with Crippen LogP contribution in [0.2, 0.25) is 0 Å². The smallest absolute Gasteiger partial charge is 0.241 e. The van der Waals surface area contributed by atoms with Crippen LogP contribution in [0, 0.1) is 6.92 Å². The van der Waals surface area contributed by atoms with Crippen molar-refractivity contribution in [2.75, 3.05) is 17.1 Å². The molecule has 0 aliphatic rings. The van der Waals surface area contributed by atoms with Gasteiger partial charge in [-0.3, -0.25) is 9.10 Å². The van der Waals surface area contributed by atoms with Crippen LogP contribution in [-0.2, 0) is 14.8 Å². The SMILES string of the molecule is Cc1ccccc1[C@H](NC(=O)CN(c1cccc2ccccc12)S(C)(=O)=O)c1ccccc1. The second-order valence-electron chi connectivity index (χ2n) is 8.04. The fraction of sp³-hybridized carbons (Fsp3) is 0.148. The van der Waals surface area contributed by atoms with Gasteiger partial charge in [-0.05, 0) is 35.1 Å². The van der Waals surface area contributed by atoms with Crippen molar-refractivity contribution < 1.29 is 13.2 Å². The average Bonchev–Trinajstić information content (AvgIpc) is 2.81. The van der Waals surface area contributed by atoms with Crippen molar-refractivity contribution in [1.82, 2.24) is 5.32 Å². The van der Waals surface area contributed by atoms with Gasteiger partial charge < -0.3 is 5.32 Å². The highest BCUT2D eigenvalue weighted by atomic mass is 32.2. The minimum absolute atomic E-state index is 0.317. The molecule has 0 spiro atoms. The third-order valence-corrected chi connectivity index (χ3v) is 6.79. The van der Waals surface area contributed by atoms with E-state index in [1.54, 1.807) is 12.1 Å². The largest absolute Gasteiger partial charge is 0.344 e. The zero-order valence-electron chi connectivity index (χ0n) is 18.6. The molecular formula is C27H26N2O3S. The number of aryl methyl sites for hydroxylation is 1. The van der Waals surface area contributed by atoms with Gasteiger partial charge in [0.1, 0.15) is 6.54 Å². The lowest BCUT2D eigenvalue weighted by molar-refractivity contribution is -0.120. The maximum absolute atomic E-state index is 13.3. The number of nitrogens with zero attached hydrogens (tertiary/aromatic N) is 1. The van der Waals surface area contributed by atoms with E-state index in [-0.39, 0.29) is 12.5 Å². The molecular weight excluding hydrogens is 432 g/mol. The minimum Gasteiger partial charge on any atom is -0.344 e. The molecule has 4 aromatic rings. The second-order valence-corrected chi connectivity index (χ2v) is 9.94. The van der Waals surface area contributed by atoms with E-state index in [2.05, 4.69) is 5.32 Å². The highest BCUT2D eigenvalue weighted by Crippen LogP contribution is 2.29. The van der Waals surface area contributed by atoms with E-state index in [1.807, 2.05) is 91.9 Å². The number of rotatable bonds is 7. The predicted molar refractivity (Wildman–Crippen MR) is 134 cm³/mol. The molecule has 0 bridgehead atoms. The molecule has 1 atom stereocenters. The van der Waals surface area contributed by atoms with Gasteiger partial charge in [0.2, 0.25) is 15.9 Å². The van der Waals surface area contributed by atoms with Crippen LogP contribution < -0.4 is 9.62 Å². The Balaban J connectivity index is 1.69. The molecule has 1 amide bonds. The van der Waals surface area contributed by atoms with E-state index >= 15 is 0 Å². The van der Waals surface area contributed by atoms with E-state index < -0.39 is 16.1 Å². The van der Waals surface area contributed by atoms with Crippen molar-refractivity contribution in [3.63, 3.8) is 0 Å². The Morgan fingerprint density at radius 1 is 0.848 bits per heavy atom. The first-order valence-electron chi connectivity index (χ1n) is 10.7. The van der Waals surface area contributed by atoms with Crippen LogP contribution in [0.5, 0.6) is 0 Å². The summed E-state index contributed by atoms with van der Waals surface area (Å²) in [5.74, 6) is -0.384. The lowest BCUT2D eigenvalue weighted by atomic mass is 9.95. The predicted octanol–water partition coefficient (Wildman–Crippen LogP) is 4.82. The molecule has 1 N–H and O–H groups in total. The van der Waals surface area contributed by atoms with Crippen molar-refractivity contribution >= 4 is 32.4 Å². The first-order chi connectivity index (χ1) is 15.8. The van der Waals surface area contributed by atoms with Crippen LogP contribution in [0.1, 0.15) is 22.7 Å². The van der Waals surface area contributed by atoms with Crippen LogP contribution in [0.3, 0.4) is 0 Å². The number of hydrogen-bond donors (Lipinski definition) is 1. The Kier molecular flexibility index (Phi) is 6.47. The highest BCUT2D eigenvalue weighted by Gasteiger charge is 2.25. The molecule has 4 rings (SSSR count). The fourth-order valence-corrected chi connectivity index (χ4v) is 4.91. The molecule has 0 heterocycles. The molecule has 0 radical (unpaired) electrons. The molecule has 0 unspecified atom stereocenters. The summed E-state index contributed by atoms with van der Waals surface area (Å²) in [6.07, 6.45) is 1.12. The fourth-order valence-electron chi connectivity index (χ4n) is 4.04. The quantitative estimate of drug-likeness (QED) is 0.432. The highest BCUT2D eigenvalue weighted by molar-refractivity contribution is 7.92. The number of fused-ring (bicyclic) bond motifs is 1. The summed E-state index contributed by atoms with van der Waals surface area (Å²) in [6, 6.07) is 30.1. The lowest BCUT2D eigenvalue weighted by Gasteiger charge is -2.26. The van der Waals surface area contributed by atoms with Gasteiger partial charge >= 0.3 is 0 Å². The molecule has 168 valence electrons. The Hall–Kier alpha value is -3.64. The maximum Gasteiger partial charge on any atom is 0.241 e. The number of carbonyl (C=O) groups is 1. The standard InChI is InChI=1S/C27H26N2O3S/c1-20-11-6-8-16-23(20)27(22-13-4-3-5-14-22)28-26(30)19-29(33(2,31)32)25-18-10-15-21-12-7-9-17-24(21)25/h3-18,27H,19H2,1-2H3,(H,28,30)/t27-/m1/s1. The number of benzene rings is 4. The van der Waals surface area contributed by atoms with Crippen LogP contribution in [-0.4, -0.2) is 27.1 Å². The summed E-state index contributed by atoms with van der Waals surface area (Å²) < 4.78 is 26.6. The van der Waals surface area contributed by atoms with Gasteiger partial charge in [-0.2, -0.15) is 0 Å². The topological polar surface area (TPSA) is 66.5 Å². The van der Waals surface area contributed by atoms with Crippen molar-refractivity contribution in [1.29, 1.82) is 0 Å². The Morgan fingerprint density at radius 3 is 2.21 bits per heavy atom. The number of amides is 1. The van der Waals surface area contributed by atoms with Crippen LogP contribution in [0.15, 0.2) is 97.1 Å². The molecule has 5 nitrogen and oxygen atoms in total. The molecule has 0 aromatic heterocycles. The normalized spacial score (nSPS) is 12.3. The zero-order chi connectivity index (χ0) is 23.4. The summed E-state index contributed by atoms with van der Waals surface area (Å²) in [5.41, 5.74) is 3.42. The summed E-state index contributed by atoms with van der Waals surface area (Å²) in [4.78, 5) is 13.3. The van der Waals surface area contributed by atoms with Crippen molar-refractivity contribution in [3.05, 3.63) is 114 Å². The van der Waals surface area contributed by atoms with E-state index in [1.165, 1.54) is 4.31 Å². The molecule has 0 aliphatic heterocycles. The molecule has 6 heteroatoms. The third kappa shape index (κ3) is 5.07. The molecule has 0 aliphatic carbocycles. The lowest BCUT2D eigenvalue weighted by Crippen LogP contribution is -2.42. The Labute approximate surface area is 194 Å². The van der Waals surface area contributed by atoms with Gasteiger partial charge in [-0.1, -0.05) is 91.0 Å². The van der Waals surface area contributed by atoms with Crippen molar-refractivity contribution in [2.24, 2.45) is 0 Å². The van der Waals surface area contributed by atoms with Gasteiger partial charge in [-0.15, -0.1) is 0 Å². The van der Waals surface area contributed by atoms with Gasteiger partial charge in [0.25, 0.3) is 0 Å². The van der Waals surface area contributed by atoms with E-state index in [0.717, 1.165) is 33.7 Å². The number of carbonyl (C=O) groups excluding carboxylic acids is 1. The summed E-state index contributed by atoms with van der Waals surface area (Å²) in [5, 5.41) is 4.75. The summed E-state index contributed by atoms with van der Waals surface area (Å²) >= 11 is 0. The maximum atomic E-state index is 13.3. The van der Waals surface area contributed by atoms with Gasteiger partial charge in [-0.25, -0.2) is 8.42 Å². The number of nitrogens with one attached hydrogen (secondary N) is 1. The van der Waals surface area contributed by atoms with E-state index in [9.17, 15) is 13.2 Å². The molecule has 0 saturated carbocycles. The van der Waals surface area contributed by atoms with Crippen LogP contribution in [0.25, 0.3) is 10.8 Å². The number of anilines is 1. The zero-order valence-corrected chi connectivity index (χ0v) is 19.4. The molecule has 33 heavy (non-hydrogen) atoms. The Bertz CT molecular complexity index is 1380. The minimum atomic E-state index is -3.71. The third-order valence-electron chi connectivity index (χ3n) is 5.66. The summed E-state index contributed by atoms with van der Waals surface area (Å²) in [6.45, 7) is 1.68. The van der Waals surface area contributed by atoms with Crippen molar-refractivity contribution in [2.45, 2.75) is 13.0 Å². The molecule has 0 saturated heterocycles. The van der Waals surface area contributed by atoms with Gasteiger partial charge in [0, 0.05) is 5.39 Å². The van der Waals surface area contributed by atoms with Gasteiger partial charge in [0.05, 0.1) is 18.0 Å². The van der Waals surface area contributed by atoms with Crippen LogP contribution in [0.4, 0.5) is 5.69 Å². The summed E-state index contributed by atoms with van der Waals surface area (Å²) in [7, 11) is -3.71. The average molecular weight is 459 g/mol. The van der Waals surface area contributed by atoms with Gasteiger partial charge in [0.15, 0.2) is 0 Å². The van der Waals surface area contributed by atoms with E-state index in [4.69, 9.17) is 0 Å². The molecule has 4 aromatic carbocycles. The van der Waals surface area contributed by atoms with Crippen molar-refractivity contribution in [3.8, 4) is 0 Å². The second kappa shape index (κ2) is 9.46. The number of sulfonamides is 1.